The first kappa shape index (κ1) is 17.4. The standard InChI is InChI=1S/C19H14F2N2O3S/c20-13-3-2-12(9-14(13)21)15-10-27-19(22-15)23-18(24)8-11-1-4-16-17(7-11)26-6-5-25-16/h1-4,7,9-10H,5-6,8H2,(H,22,23,24). The smallest absolute Gasteiger partial charge is 0.230 e. The van der Waals surface area contributed by atoms with Crippen LogP contribution in [-0.4, -0.2) is 24.1 Å². The topological polar surface area (TPSA) is 60.5 Å². The second-order valence-electron chi connectivity index (χ2n) is 5.87. The minimum absolute atomic E-state index is 0.150. The summed E-state index contributed by atoms with van der Waals surface area (Å²) >= 11 is 1.21. The summed E-state index contributed by atoms with van der Waals surface area (Å²) in [6, 6.07) is 8.93. The van der Waals surface area contributed by atoms with Crippen molar-refractivity contribution in [2.24, 2.45) is 0 Å². The SMILES string of the molecule is O=C(Cc1ccc2c(c1)OCCO2)Nc1nc(-c2ccc(F)c(F)c2)cs1. The van der Waals surface area contributed by atoms with E-state index in [1.807, 2.05) is 6.07 Å². The number of aromatic nitrogens is 1. The number of anilines is 1. The van der Waals surface area contributed by atoms with Crippen LogP contribution in [0.2, 0.25) is 0 Å². The molecule has 138 valence electrons. The number of carbonyl (C=O) groups excluding carboxylic acids is 1. The van der Waals surface area contributed by atoms with Crippen molar-refractivity contribution in [2.75, 3.05) is 18.5 Å². The quantitative estimate of drug-likeness (QED) is 0.733. The summed E-state index contributed by atoms with van der Waals surface area (Å²) in [4.78, 5) is 16.5. The Morgan fingerprint density at radius 3 is 2.70 bits per heavy atom. The van der Waals surface area contributed by atoms with Gasteiger partial charge in [0.1, 0.15) is 13.2 Å². The van der Waals surface area contributed by atoms with Crippen LogP contribution in [0.1, 0.15) is 5.56 Å². The predicted molar refractivity (Wildman–Crippen MR) is 97.2 cm³/mol. The third kappa shape index (κ3) is 3.90. The maximum absolute atomic E-state index is 13.4. The molecule has 0 unspecified atom stereocenters. The summed E-state index contributed by atoms with van der Waals surface area (Å²) in [6.07, 6.45) is 0.150. The Labute approximate surface area is 157 Å². The fraction of sp³-hybridized carbons (Fsp3) is 0.158. The average molecular weight is 388 g/mol. The van der Waals surface area contributed by atoms with Crippen molar-refractivity contribution in [1.82, 2.24) is 4.98 Å². The maximum Gasteiger partial charge on any atom is 0.230 e. The van der Waals surface area contributed by atoms with Crippen molar-refractivity contribution < 1.29 is 23.0 Å². The molecule has 1 aromatic heterocycles. The van der Waals surface area contributed by atoms with Crippen LogP contribution in [0.4, 0.5) is 13.9 Å². The van der Waals surface area contributed by atoms with Crippen molar-refractivity contribution in [1.29, 1.82) is 0 Å². The van der Waals surface area contributed by atoms with Gasteiger partial charge in [-0.2, -0.15) is 0 Å². The molecule has 0 atom stereocenters. The van der Waals surface area contributed by atoms with Gasteiger partial charge in [-0.25, -0.2) is 13.8 Å². The Morgan fingerprint density at radius 1 is 1.07 bits per heavy atom. The van der Waals surface area contributed by atoms with E-state index in [0.717, 1.165) is 17.7 Å². The molecule has 4 rings (SSSR count). The van der Waals surface area contributed by atoms with E-state index in [9.17, 15) is 13.6 Å². The average Bonchev–Trinajstić information content (AvgIpc) is 3.12. The van der Waals surface area contributed by atoms with Crippen molar-refractivity contribution in [3.8, 4) is 22.8 Å². The van der Waals surface area contributed by atoms with E-state index < -0.39 is 11.6 Å². The van der Waals surface area contributed by atoms with Gasteiger partial charge in [0.15, 0.2) is 28.3 Å². The molecule has 2 aromatic carbocycles. The number of amides is 1. The Bertz CT molecular complexity index is 1010. The molecular weight excluding hydrogens is 374 g/mol. The number of nitrogens with one attached hydrogen (secondary N) is 1. The molecule has 0 radical (unpaired) electrons. The molecule has 0 saturated carbocycles. The molecule has 0 spiro atoms. The molecule has 0 fully saturated rings. The number of halogens is 2. The predicted octanol–water partition coefficient (Wildman–Crippen LogP) is 4.04. The zero-order valence-corrected chi connectivity index (χ0v) is 14.8. The largest absolute Gasteiger partial charge is 0.486 e. The number of fused-ring (bicyclic) bond motifs is 1. The molecular formula is C19H14F2N2O3S. The summed E-state index contributed by atoms with van der Waals surface area (Å²) in [5.74, 6) is -0.799. The third-order valence-corrected chi connectivity index (χ3v) is 4.69. The molecule has 8 heteroatoms. The Hall–Kier alpha value is -3.00. The number of rotatable bonds is 4. The van der Waals surface area contributed by atoms with E-state index in [-0.39, 0.29) is 12.3 Å². The highest BCUT2D eigenvalue weighted by Crippen LogP contribution is 2.31. The molecule has 1 aliphatic rings. The van der Waals surface area contributed by atoms with Gasteiger partial charge in [0.2, 0.25) is 5.91 Å². The van der Waals surface area contributed by atoms with Gasteiger partial charge in [-0.05, 0) is 35.9 Å². The molecule has 5 nitrogen and oxygen atoms in total. The lowest BCUT2D eigenvalue weighted by molar-refractivity contribution is -0.115. The number of hydrogen-bond donors (Lipinski definition) is 1. The van der Waals surface area contributed by atoms with Gasteiger partial charge < -0.3 is 14.8 Å². The van der Waals surface area contributed by atoms with Crippen LogP contribution >= 0.6 is 11.3 Å². The van der Waals surface area contributed by atoms with Crippen LogP contribution in [0, 0.1) is 11.6 Å². The van der Waals surface area contributed by atoms with Gasteiger partial charge in [-0.15, -0.1) is 11.3 Å². The monoisotopic (exact) mass is 388 g/mol. The highest BCUT2D eigenvalue weighted by Gasteiger charge is 2.14. The lowest BCUT2D eigenvalue weighted by Gasteiger charge is -2.18. The number of thiazole rings is 1. The Morgan fingerprint density at radius 2 is 1.89 bits per heavy atom. The van der Waals surface area contributed by atoms with Crippen LogP contribution in [0.3, 0.4) is 0 Å². The van der Waals surface area contributed by atoms with Crippen LogP contribution in [0.15, 0.2) is 41.8 Å². The van der Waals surface area contributed by atoms with Crippen molar-refractivity contribution in [2.45, 2.75) is 6.42 Å². The lowest BCUT2D eigenvalue weighted by Crippen LogP contribution is -2.17. The third-order valence-electron chi connectivity index (χ3n) is 3.94. The van der Waals surface area contributed by atoms with Crippen LogP contribution in [0.25, 0.3) is 11.3 Å². The number of benzene rings is 2. The maximum atomic E-state index is 13.4. The molecule has 1 aliphatic heterocycles. The normalized spacial score (nSPS) is 12.7. The molecule has 3 aromatic rings. The van der Waals surface area contributed by atoms with Gasteiger partial charge in [0.05, 0.1) is 12.1 Å². The second kappa shape index (κ2) is 7.32. The molecule has 27 heavy (non-hydrogen) atoms. The number of hydrogen-bond acceptors (Lipinski definition) is 5. The number of nitrogens with zero attached hydrogens (tertiary/aromatic N) is 1. The minimum atomic E-state index is -0.940. The van der Waals surface area contributed by atoms with Crippen LogP contribution < -0.4 is 14.8 Å². The summed E-state index contributed by atoms with van der Waals surface area (Å²) in [7, 11) is 0. The molecule has 0 saturated heterocycles. The first-order chi connectivity index (χ1) is 13.1. The highest BCUT2D eigenvalue weighted by atomic mass is 32.1. The summed E-state index contributed by atoms with van der Waals surface area (Å²) in [5, 5.41) is 4.77. The first-order valence-corrected chi connectivity index (χ1v) is 9.06. The fourth-order valence-electron chi connectivity index (χ4n) is 2.67. The van der Waals surface area contributed by atoms with Crippen molar-refractivity contribution >= 4 is 22.4 Å². The van der Waals surface area contributed by atoms with Gasteiger partial charge in [0, 0.05) is 10.9 Å². The summed E-state index contributed by atoms with van der Waals surface area (Å²) in [5.41, 5.74) is 1.69. The molecule has 1 N–H and O–H groups in total. The van der Waals surface area contributed by atoms with Crippen molar-refractivity contribution in [3.63, 3.8) is 0 Å². The number of carbonyl (C=O) groups is 1. The van der Waals surface area contributed by atoms with Gasteiger partial charge in [-0.1, -0.05) is 6.07 Å². The molecule has 0 bridgehead atoms. The summed E-state index contributed by atoms with van der Waals surface area (Å²) in [6.45, 7) is 0.992. The first-order valence-electron chi connectivity index (χ1n) is 8.18. The highest BCUT2D eigenvalue weighted by molar-refractivity contribution is 7.14. The Balaban J connectivity index is 1.43. The van der Waals surface area contributed by atoms with Gasteiger partial charge in [0.25, 0.3) is 0 Å². The number of ether oxygens (including phenoxy) is 2. The van der Waals surface area contributed by atoms with E-state index in [4.69, 9.17) is 9.47 Å². The molecule has 1 amide bonds. The van der Waals surface area contributed by atoms with Gasteiger partial charge >= 0.3 is 0 Å². The minimum Gasteiger partial charge on any atom is -0.486 e. The van der Waals surface area contributed by atoms with Gasteiger partial charge in [-0.3, -0.25) is 4.79 Å². The van der Waals surface area contributed by atoms with E-state index in [1.165, 1.54) is 17.4 Å². The van der Waals surface area contributed by atoms with E-state index in [0.29, 0.717) is 41.1 Å². The molecule has 0 aliphatic carbocycles. The second-order valence-corrected chi connectivity index (χ2v) is 6.73. The Kier molecular flexibility index (Phi) is 4.72. The zero-order chi connectivity index (χ0) is 18.8. The van der Waals surface area contributed by atoms with E-state index in [1.54, 1.807) is 17.5 Å². The van der Waals surface area contributed by atoms with E-state index >= 15 is 0 Å². The van der Waals surface area contributed by atoms with Crippen molar-refractivity contribution in [3.05, 3.63) is 59.0 Å². The fourth-order valence-corrected chi connectivity index (χ4v) is 3.40. The molecule has 2 heterocycles. The lowest BCUT2D eigenvalue weighted by atomic mass is 10.1. The zero-order valence-electron chi connectivity index (χ0n) is 14.0. The van der Waals surface area contributed by atoms with E-state index in [2.05, 4.69) is 10.3 Å². The summed E-state index contributed by atoms with van der Waals surface area (Å²) < 4.78 is 37.4. The van der Waals surface area contributed by atoms with Crippen LogP contribution in [0.5, 0.6) is 11.5 Å². The van der Waals surface area contributed by atoms with Crippen LogP contribution in [-0.2, 0) is 11.2 Å².